The topological polar surface area (TPSA) is 65.5 Å². The predicted molar refractivity (Wildman–Crippen MR) is 104 cm³/mol. The lowest BCUT2D eigenvalue weighted by atomic mass is 9.99. The van der Waals surface area contributed by atoms with Crippen LogP contribution in [0.4, 0.5) is 10.1 Å². The summed E-state index contributed by atoms with van der Waals surface area (Å²) in [5.41, 5.74) is 2.90. The molecule has 0 heterocycles. The Kier molecular flexibility index (Phi) is 7.14. The average Bonchev–Trinajstić information content (AvgIpc) is 2.61. The van der Waals surface area contributed by atoms with Crippen LogP contribution >= 0.6 is 0 Å². The fraction of sp³-hybridized carbons (Fsp3) is 0.300. The molecule has 0 aliphatic heterocycles. The Balaban J connectivity index is 1.79. The van der Waals surface area contributed by atoms with Crippen molar-refractivity contribution in [2.45, 2.75) is 19.8 Å². The number of hydrogen-bond acceptors (Lipinski definition) is 2. The summed E-state index contributed by atoms with van der Waals surface area (Å²) in [7, 11) is 1.65. The minimum atomic E-state index is -0.390. The van der Waals surface area contributed by atoms with Crippen LogP contribution in [0.2, 0.25) is 0 Å². The van der Waals surface area contributed by atoms with E-state index >= 15 is 0 Å². The Labute approximate surface area is 153 Å². The fourth-order valence-corrected chi connectivity index (χ4v) is 2.50. The van der Waals surface area contributed by atoms with Gasteiger partial charge >= 0.3 is 0 Å². The van der Waals surface area contributed by atoms with Crippen molar-refractivity contribution in [1.29, 1.82) is 0 Å². The monoisotopic (exact) mass is 356 g/mol. The van der Waals surface area contributed by atoms with Crippen molar-refractivity contribution in [3.63, 3.8) is 0 Å². The van der Waals surface area contributed by atoms with Crippen molar-refractivity contribution < 1.29 is 9.18 Å². The first kappa shape index (κ1) is 19.4. The van der Waals surface area contributed by atoms with E-state index in [9.17, 15) is 9.18 Å². The van der Waals surface area contributed by atoms with E-state index in [1.54, 1.807) is 19.2 Å². The predicted octanol–water partition coefficient (Wildman–Crippen LogP) is 3.04. The molecule has 0 aromatic heterocycles. The molecule has 2 rings (SSSR count). The number of rotatable bonds is 6. The number of amides is 1. The zero-order valence-corrected chi connectivity index (χ0v) is 15.3. The Morgan fingerprint density at radius 2 is 1.92 bits per heavy atom. The van der Waals surface area contributed by atoms with E-state index < -0.39 is 5.82 Å². The summed E-state index contributed by atoms with van der Waals surface area (Å²) in [6, 6.07) is 14.2. The van der Waals surface area contributed by atoms with Crippen molar-refractivity contribution in [3.05, 3.63) is 65.5 Å². The van der Waals surface area contributed by atoms with E-state index in [1.807, 2.05) is 6.07 Å². The third-order valence-electron chi connectivity index (χ3n) is 3.94. The van der Waals surface area contributed by atoms with Crippen LogP contribution in [0.3, 0.4) is 0 Å². The molecule has 0 saturated carbocycles. The summed E-state index contributed by atoms with van der Waals surface area (Å²) in [5, 5.41) is 8.80. The molecule has 138 valence electrons. The molecule has 5 nitrogen and oxygen atoms in total. The Morgan fingerprint density at radius 3 is 2.62 bits per heavy atom. The van der Waals surface area contributed by atoms with Gasteiger partial charge in [-0.05, 0) is 36.6 Å². The van der Waals surface area contributed by atoms with Crippen LogP contribution in [0, 0.1) is 12.7 Å². The standard InChI is InChI=1S/C20H25FN4O/c1-14-6-4-7-16(10-14)15(2)12-23-20(22-3)24-13-19(26)25-18-9-5-8-17(21)11-18/h4-11,15H,12-13H2,1-3H3,(H,25,26)(H2,22,23,24). The molecule has 0 radical (unpaired) electrons. The largest absolute Gasteiger partial charge is 0.356 e. The van der Waals surface area contributed by atoms with Crippen molar-refractivity contribution in [3.8, 4) is 0 Å². The highest BCUT2D eigenvalue weighted by Gasteiger charge is 2.08. The van der Waals surface area contributed by atoms with Crippen LogP contribution in [0.25, 0.3) is 0 Å². The summed E-state index contributed by atoms with van der Waals surface area (Å²) >= 11 is 0. The minimum Gasteiger partial charge on any atom is -0.356 e. The molecule has 0 aliphatic carbocycles. The van der Waals surface area contributed by atoms with E-state index in [0.29, 0.717) is 24.1 Å². The molecule has 2 aromatic carbocycles. The quantitative estimate of drug-likeness (QED) is 0.551. The van der Waals surface area contributed by atoms with Crippen molar-refractivity contribution in [2.24, 2.45) is 4.99 Å². The van der Waals surface area contributed by atoms with E-state index in [-0.39, 0.29) is 12.5 Å². The van der Waals surface area contributed by atoms with E-state index in [2.05, 4.69) is 53.0 Å². The van der Waals surface area contributed by atoms with Gasteiger partial charge in [0, 0.05) is 19.3 Å². The maximum Gasteiger partial charge on any atom is 0.243 e. The van der Waals surface area contributed by atoms with E-state index in [1.165, 1.54) is 23.3 Å². The molecular formula is C20H25FN4O. The second-order valence-electron chi connectivity index (χ2n) is 6.18. The second-order valence-corrected chi connectivity index (χ2v) is 6.18. The molecule has 0 saturated heterocycles. The maximum atomic E-state index is 13.1. The molecule has 6 heteroatoms. The van der Waals surface area contributed by atoms with Gasteiger partial charge in [-0.15, -0.1) is 0 Å². The van der Waals surface area contributed by atoms with Gasteiger partial charge in [0.15, 0.2) is 5.96 Å². The first-order valence-electron chi connectivity index (χ1n) is 8.54. The average molecular weight is 356 g/mol. The van der Waals surface area contributed by atoms with E-state index in [4.69, 9.17) is 0 Å². The van der Waals surface area contributed by atoms with Crippen molar-refractivity contribution in [2.75, 3.05) is 25.5 Å². The SMILES string of the molecule is CN=C(NCC(=O)Nc1cccc(F)c1)NCC(C)c1cccc(C)c1. The van der Waals surface area contributed by atoms with Gasteiger partial charge in [-0.2, -0.15) is 0 Å². The summed E-state index contributed by atoms with van der Waals surface area (Å²) in [6.45, 7) is 4.93. The number of aliphatic imine (C=N–C) groups is 1. The first-order valence-corrected chi connectivity index (χ1v) is 8.54. The molecule has 0 bridgehead atoms. The number of anilines is 1. The molecule has 1 atom stereocenters. The molecule has 0 spiro atoms. The Bertz CT molecular complexity index is 776. The van der Waals surface area contributed by atoms with E-state index in [0.717, 1.165) is 0 Å². The number of nitrogens with one attached hydrogen (secondary N) is 3. The number of carbonyl (C=O) groups excluding carboxylic acids is 1. The first-order chi connectivity index (χ1) is 12.5. The van der Waals surface area contributed by atoms with Crippen LogP contribution in [0.1, 0.15) is 24.0 Å². The third-order valence-corrected chi connectivity index (χ3v) is 3.94. The summed E-state index contributed by atoms with van der Waals surface area (Å²) in [5.74, 6) is 0.178. The smallest absolute Gasteiger partial charge is 0.243 e. The Morgan fingerprint density at radius 1 is 1.15 bits per heavy atom. The molecule has 0 aliphatic rings. The van der Waals surface area contributed by atoms with Crippen LogP contribution in [0.5, 0.6) is 0 Å². The number of carbonyl (C=O) groups is 1. The minimum absolute atomic E-state index is 0.0367. The summed E-state index contributed by atoms with van der Waals surface area (Å²) in [6.07, 6.45) is 0. The van der Waals surface area contributed by atoms with Gasteiger partial charge in [0.2, 0.25) is 5.91 Å². The lowest BCUT2D eigenvalue weighted by Crippen LogP contribution is -2.42. The molecule has 1 amide bonds. The second kappa shape index (κ2) is 9.56. The van der Waals surface area contributed by atoms with Gasteiger partial charge in [-0.1, -0.05) is 42.8 Å². The van der Waals surface area contributed by atoms with Gasteiger partial charge in [0.05, 0.1) is 6.54 Å². The van der Waals surface area contributed by atoms with Gasteiger partial charge in [0.25, 0.3) is 0 Å². The maximum absolute atomic E-state index is 13.1. The molecule has 3 N–H and O–H groups in total. The highest BCUT2D eigenvalue weighted by Crippen LogP contribution is 2.15. The highest BCUT2D eigenvalue weighted by atomic mass is 19.1. The number of benzene rings is 2. The third kappa shape index (κ3) is 6.20. The number of nitrogens with zero attached hydrogens (tertiary/aromatic N) is 1. The normalized spacial score (nSPS) is 12.4. The zero-order valence-electron chi connectivity index (χ0n) is 15.3. The molecule has 26 heavy (non-hydrogen) atoms. The molecule has 1 unspecified atom stereocenters. The zero-order chi connectivity index (χ0) is 18.9. The number of guanidine groups is 1. The van der Waals surface area contributed by atoms with Crippen LogP contribution in [0.15, 0.2) is 53.5 Å². The fourth-order valence-electron chi connectivity index (χ4n) is 2.50. The highest BCUT2D eigenvalue weighted by molar-refractivity contribution is 5.94. The summed E-state index contributed by atoms with van der Waals surface area (Å²) in [4.78, 5) is 16.1. The van der Waals surface area contributed by atoms with Crippen LogP contribution < -0.4 is 16.0 Å². The lowest BCUT2D eigenvalue weighted by molar-refractivity contribution is -0.115. The number of aryl methyl sites for hydroxylation is 1. The van der Waals surface area contributed by atoms with Gasteiger partial charge in [0.1, 0.15) is 5.82 Å². The molecule has 0 fully saturated rings. The van der Waals surface area contributed by atoms with Gasteiger partial charge < -0.3 is 16.0 Å². The Hall–Kier alpha value is -2.89. The number of hydrogen-bond donors (Lipinski definition) is 3. The lowest BCUT2D eigenvalue weighted by Gasteiger charge is -2.16. The van der Waals surface area contributed by atoms with Crippen molar-refractivity contribution in [1.82, 2.24) is 10.6 Å². The van der Waals surface area contributed by atoms with Crippen molar-refractivity contribution >= 4 is 17.6 Å². The van der Waals surface area contributed by atoms with Crippen LogP contribution in [-0.4, -0.2) is 32.0 Å². The molecular weight excluding hydrogens is 331 g/mol. The number of halogens is 1. The van der Waals surface area contributed by atoms with Crippen LogP contribution in [-0.2, 0) is 4.79 Å². The summed E-state index contributed by atoms with van der Waals surface area (Å²) < 4.78 is 13.1. The molecule has 2 aromatic rings. The van der Waals surface area contributed by atoms with Gasteiger partial charge in [-0.3, -0.25) is 9.79 Å². The van der Waals surface area contributed by atoms with Gasteiger partial charge in [-0.25, -0.2) is 4.39 Å².